The number of nitriles is 1. The van der Waals surface area contributed by atoms with Crippen LogP contribution in [0.5, 0.6) is 5.75 Å². The van der Waals surface area contributed by atoms with Gasteiger partial charge in [0.25, 0.3) is 0 Å². The van der Waals surface area contributed by atoms with Gasteiger partial charge in [-0.25, -0.2) is 0 Å². The van der Waals surface area contributed by atoms with Crippen molar-refractivity contribution in [3.05, 3.63) is 52.9 Å². The monoisotopic (exact) mass is 313 g/mol. The van der Waals surface area contributed by atoms with Crippen molar-refractivity contribution in [2.45, 2.75) is 0 Å². The van der Waals surface area contributed by atoms with E-state index in [0.717, 1.165) is 16.6 Å². The molecule has 1 aromatic carbocycles. The predicted molar refractivity (Wildman–Crippen MR) is 75.1 cm³/mol. The summed E-state index contributed by atoms with van der Waals surface area (Å²) in [6.07, 6.45) is 3.36. The highest BCUT2D eigenvalue weighted by Crippen LogP contribution is 2.32. The molecule has 19 heavy (non-hydrogen) atoms. The number of rotatable bonds is 1. The molecule has 2 heterocycles. The van der Waals surface area contributed by atoms with E-state index in [9.17, 15) is 10.4 Å². The number of benzene rings is 1. The molecule has 2 aromatic heterocycles. The zero-order chi connectivity index (χ0) is 13.4. The number of aromatic hydroxyl groups is 1. The summed E-state index contributed by atoms with van der Waals surface area (Å²) >= 11 is 3.46. The fourth-order valence-corrected chi connectivity index (χ4v) is 2.76. The van der Waals surface area contributed by atoms with Gasteiger partial charge in [0.1, 0.15) is 16.4 Å². The zero-order valence-electron chi connectivity index (χ0n) is 9.71. The minimum atomic E-state index is 0.207. The summed E-state index contributed by atoms with van der Waals surface area (Å²) in [7, 11) is 0. The van der Waals surface area contributed by atoms with Gasteiger partial charge in [0.15, 0.2) is 0 Å². The van der Waals surface area contributed by atoms with Gasteiger partial charge in [-0.15, -0.1) is 0 Å². The van der Waals surface area contributed by atoms with Gasteiger partial charge in [-0.1, -0.05) is 0 Å². The highest BCUT2D eigenvalue weighted by Gasteiger charge is 2.16. The van der Waals surface area contributed by atoms with Gasteiger partial charge in [-0.3, -0.25) is 4.98 Å². The first kappa shape index (κ1) is 11.8. The largest absolute Gasteiger partial charge is 0.508 e. The molecule has 0 atom stereocenters. The second-order valence-electron chi connectivity index (χ2n) is 4.02. The Kier molecular flexibility index (Phi) is 2.73. The van der Waals surface area contributed by atoms with Crippen molar-refractivity contribution in [1.29, 1.82) is 5.26 Å². The van der Waals surface area contributed by atoms with Gasteiger partial charge in [0.05, 0.1) is 11.1 Å². The summed E-state index contributed by atoms with van der Waals surface area (Å²) < 4.78 is 2.60. The first-order chi connectivity index (χ1) is 9.22. The van der Waals surface area contributed by atoms with Gasteiger partial charge in [-0.2, -0.15) is 5.26 Å². The lowest BCUT2D eigenvalue weighted by Crippen LogP contribution is -1.93. The van der Waals surface area contributed by atoms with Gasteiger partial charge in [0, 0.05) is 23.5 Å². The Labute approximate surface area is 117 Å². The molecule has 3 aromatic rings. The molecule has 0 saturated carbocycles. The third-order valence-electron chi connectivity index (χ3n) is 2.93. The molecule has 3 rings (SSSR count). The smallest absolute Gasteiger partial charge is 0.115 e. The molecular weight excluding hydrogens is 306 g/mol. The van der Waals surface area contributed by atoms with Crippen LogP contribution in [-0.2, 0) is 0 Å². The maximum atomic E-state index is 9.35. The summed E-state index contributed by atoms with van der Waals surface area (Å²) in [5.74, 6) is 0.207. The number of phenols is 1. The Bertz CT molecular complexity index is 800. The van der Waals surface area contributed by atoms with E-state index in [4.69, 9.17) is 0 Å². The lowest BCUT2D eigenvalue weighted by Gasteiger charge is -2.07. The maximum Gasteiger partial charge on any atom is 0.115 e. The molecule has 0 radical (unpaired) electrons. The average Bonchev–Trinajstić information content (AvgIpc) is 2.71. The van der Waals surface area contributed by atoms with Crippen LogP contribution in [0.2, 0.25) is 0 Å². The molecule has 1 N–H and O–H groups in total. The topological polar surface area (TPSA) is 61.8 Å². The van der Waals surface area contributed by atoms with E-state index >= 15 is 0 Å². The Balaban J connectivity index is 2.38. The number of fused-ring (bicyclic) bond motifs is 1. The van der Waals surface area contributed by atoms with Crippen molar-refractivity contribution in [3.8, 4) is 17.5 Å². The minimum Gasteiger partial charge on any atom is -0.508 e. The molecule has 4 nitrogen and oxygen atoms in total. The third-order valence-corrected chi connectivity index (χ3v) is 3.68. The molecule has 0 aliphatic heterocycles. The van der Waals surface area contributed by atoms with Crippen molar-refractivity contribution in [2.24, 2.45) is 0 Å². The Morgan fingerprint density at radius 1 is 1.21 bits per heavy atom. The van der Waals surface area contributed by atoms with Crippen LogP contribution in [0.15, 0.2) is 47.3 Å². The molecule has 0 fully saturated rings. The summed E-state index contributed by atoms with van der Waals surface area (Å²) in [4.78, 5) is 4.06. The summed E-state index contributed by atoms with van der Waals surface area (Å²) in [6, 6.07) is 10.8. The second kappa shape index (κ2) is 4.41. The fraction of sp³-hybridized carbons (Fsp3) is 0. The van der Waals surface area contributed by atoms with Crippen LogP contribution in [0, 0.1) is 11.3 Å². The van der Waals surface area contributed by atoms with Crippen molar-refractivity contribution in [1.82, 2.24) is 9.55 Å². The fourth-order valence-electron chi connectivity index (χ4n) is 2.06. The standard InChI is InChI=1S/C14H8BrN3O/c15-14-11(7-16)12-8-17-6-5-13(12)18(14)9-1-3-10(19)4-2-9/h1-6,8,19H. The molecular formula is C14H8BrN3O. The van der Waals surface area contributed by atoms with E-state index in [1.165, 1.54) is 0 Å². The predicted octanol–water partition coefficient (Wildman–Crippen LogP) is 3.37. The van der Waals surface area contributed by atoms with Crippen molar-refractivity contribution >= 4 is 26.8 Å². The van der Waals surface area contributed by atoms with E-state index in [1.807, 2.05) is 10.6 Å². The zero-order valence-corrected chi connectivity index (χ0v) is 11.3. The van der Waals surface area contributed by atoms with Gasteiger partial charge < -0.3 is 9.67 Å². The molecule has 0 saturated heterocycles. The van der Waals surface area contributed by atoms with E-state index in [-0.39, 0.29) is 5.75 Å². The number of pyridine rings is 1. The second-order valence-corrected chi connectivity index (χ2v) is 4.77. The number of phenolic OH excluding ortho intramolecular Hbond substituents is 1. The van der Waals surface area contributed by atoms with Crippen LogP contribution in [0.25, 0.3) is 16.6 Å². The van der Waals surface area contributed by atoms with Gasteiger partial charge in [0.2, 0.25) is 0 Å². The van der Waals surface area contributed by atoms with Gasteiger partial charge in [-0.05, 0) is 46.3 Å². The normalized spacial score (nSPS) is 10.5. The van der Waals surface area contributed by atoms with Crippen LogP contribution < -0.4 is 0 Å². The highest BCUT2D eigenvalue weighted by atomic mass is 79.9. The lowest BCUT2D eigenvalue weighted by molar-refractivity contribution is 0.475. The number of nitrogens with zero attached hydrogens (tertiary/aromatic N) is 3. The quantitative estimate of drug-likeness (QED) is 0.749. The highest BCUT2D eigenvalue weighted by molar-refractivity contribution is 9.10. The van der Waals surface area contributed by atoms with Crippen molar-refractivity contribution < 1.29 is 5.11 Å². The first-order valence-electron chi connectivity index (χ1n) is 5.56. The molecule has 0 unspecified atom stereocenters. The van der Waals surface area contributed by atoms with Crippen LogP contribution in [0.1, 0.15) is 5.56 Å². The van der Waals surface area contributed by atoms with E-state index in [2.05, 4.69) is 27.0 Å². The van der Waals surface area contributed by atoms with Crippen LogP contribution in [-0.4, -0.2) is 14.7 Å². The molecule has 0 amide bonds. The Morgan fingerprint density at radius 2 is 1.95 bits per heavy atom. The molecule has 0 spiro atoms. The van der Waals surface area contributed by atoms with Crippen molar-refractivity contribution in [2.75, 3.05) is 0 Å². The molecule has 0 aliphatic carbocycles. The average molecular weight is 314 g/mol. The minimum absolute atomic E-state index is 0.207. The van der Waals surface area contributed by atoms with E-state index in [0.29, 0.717) is 10.2 Å². The van der Waals surface area contributed by atoms with E-state index < -0.39 is 0 Å². The summed E-state index contributed by atoms with van der Waals surface area (Å²) in [5, 5.41) is 19.4. The summed E-state index contributed by atoms with van der Waals surface area (Å²) in [6.45, 7) is 0. The summed E-state index contributed by atoms with van der Waals surface area (Å²) in [5.41, 5.74) is 2.31. The molecule has 92 valence electrons. The molecule has 0 aliphatic rings. The number of hydrogen-bond donors (Lipinski definition) is 1. The maximum absolute atomic E-state index is 9.35. The number of aromatic nitrogens is 2. The van der Waals surface area contributed by atoms with Crippen LogP contribution in [0.3, 0.4) is 0 Å². The van der Waals surface area contributed by atoms with E-state index in [1.54, 1.807) is 36.7 Å². The Morgan fingerprint density at radius 3 is 2.63 bits per heavy atom. The lowest BCUT2D eigenvalue weighted by atomic mass is 10.2. The first-order valence-corrected chi connectivity index (χ1v) is 6.35. The van der Waals surface area contributed by atoms with Crippen LogP contribution >= 0.6 is 15.9 Å². The van der Waals surface area contributed by atoms with Crippen LogP contribution in [0.4, 0.5) is 0 Å². The third kappa shape index (κ3) is 1.77. The number of hydrogen-bond acceptors (Lipinski definition) is 3. The SMILES string of the molecule is N#Cc1c(Br)n(-c2ccc(O)cc2)c2ccncc12. The van der Waals surface area contributed by atoms with Crippen molar-refractivity contribution in [3.63, 3.8) is 0 Å². The number of halogens is 1. The van der Waals surface area contributed by atoms with Gasteiger partial charge >= 0.3 is 0 Å². The molecule has 0 bridgehead atoms. The Hall–Kier alpha value is -2.32. The molecule has 5 heteroatoms.